The van der Waals surface area contributed by atoms with Crippen LogP contribution >= 0.6 is 11.3 Å². The number of aromatic nitrogens is 4. The van der Waals surface area contributed by atoms with Gasteiger partial charge in [0.2, 0.25) is 0 Å². The summed E-state index contributed by atoms with van der Waals surface area (Å²) in [5.41, 5.74) is 1.77. The van der Waals surface area contributed by atoms with Crippen LogP contribution in [0.25, 0.3) is 15.9 Å². The lowest BCUT2D eigenvalue weighted by Crippen LogP contribution is -1.98. The average molecular weight is 282 g/mol. The van der Waals surface area contributed by atoms with Crippen molar-refractivity contribution in [2.24, 2.45) is 0 Å². The average Bonchev–Trinajstić information content (AvgIpc) is 3.08. The molecule has 3 heterocycles. The fourth-order valence-electron chi connectivity index (χ4n) is 2.03. The number of thiazole rings is 1. The summed E-state index contributed by atoms with van der Waals surface area (Å²) in [4.78, 5) is 4.53. The molecule has 6 heteroatoms. The highest BCUT2D eigenvalue weighted by atomic mass is 32.1. The van der Waals surface area contributed by atoms with Gasteiger partial charge in [-0.1, -0.05) is 23.3 Å². The van der Waals surface area contributed by atoms with Gasteiger partial charge in [0.05, 0.1) is 10.2 Å². The predicted octanol–water partition coefficient (Wildman–Crippen LogP) is 2.92. The topological polar surface area (TPSA) is 52.3 Å². The summed E-state index contributed by atoms with van der Waals surface area (Å²) in [5.74, 6) is 0. The molecule has 4 aromatic rings. The van der Waals surface area contributed by atoms with Crippen LogP contribution in [0.5, 0.6) is 6.01 Å². The summed E-state index contributed by atoms with van der Waals surface area (Å²) in [6, 6.07) is 14.3. The second-order valence-electron chi connectivity index (χ2n) is 4.28. The van der Waals surface area contributed by atoms with E-state index in [4.69, 9.17) is 4.74 Å². The number of pyridine rings is 1. The Balaban J connectivity index is 1.60. The van der Waals surface area contributed by atoms with Gasteiger partial charge in [-0.15, -0.1) is 16.4 Å². The third-order valence-electron chi connectivity index (χ3n) is 2.95. The Kier molecular flexibility index (Phi) is 2.60. The van der Waals surface area contributed by atoms with Crippen LogP contribution in [-0.2, 0) is 6.61 Å². The maximum atomic E-state index is 5.71. The van der Waals surface area contributed by atoms with Gasteiger partial charge in [0.15, 0.2) is 5.65 Å². The normalized spacial score (nSPS) is 11.2. The molecule has 0 saturated heterocycles. The molecule has 3 aromatic heterocycles. The zero-order chi connectivity index (χ0) is 13.4. The van der Waals surface area contributed by atoms with Crippen LogP contribution < -0.4 is 4.74 Å². The molecule has 4 rings (SSSR count). The van der Waals surface area contributed by atoms with Gasteiger partial charge in [0, 0.05) is 6.20 Å². The van der Waals surface area contributed by atoms with Gasteiger partial charge < -0.3 is 4.74 Å². The molecule has 98 valence electrons. The number of hydrogen-bond donors (Lipinski definition) is 0. The number of fused-ring (bicyclic) bond motifs is 2. The molecular weight excluding hydrogens is 272 g/mol. The molecule has 0 aliphatic heterocycles. The number of nitrogens with zero attached hydrogens (tertiary/aromatic N) is 4. The molecule has 0 atom stereocenters. The molecule has 0 fully saturated rings. The van der Waals surface area contributed by atoms with E-state index in [0.29, 0.717) is 12.6 Å². The Labute approximate surface area is 118 Å². The highest BCUT2D eigenvalue weighted by Gasteiger charge is 2.08. The van der Waals surface area contributed by atoms with Crippen molar-refractivity contribution in [3.63, 3.8) is 0 Å². The SMILES string of the molecule is c1ccc2sc(COc3nnc4ccccn34)nc2c1. The van der Waals surface area contributed by atoms with Crippen molar-refractivity contribution in [2.45, 2.75) is 6.61 Å². The van der Waals surface area contributed by atoms with Crippen molar-refractivity contribution in [2.75, 3.05) is 0 Å². The third kappa shape index (κ3) is 1.90. The highest BCUT2D eigenvalue weighted by Crippen LogP contribution is 2.22. The molecule has 1 aromatic carbocycles. The molecule has 0 N–H and O–H groups in total. The number of hydrogen-bond acceptors (Lipinski definition) is 5. The Hall–Kier alpha value is -2.47. The lowest BCUT2D eigenvalue weighted by molar-refractivity contribution is 0.277. The van der Waals surface area contributed by atoms with Gasteiger partial charge in [-0.25, -0.2) is 4.98 Å². The Morgan fingerprint density at radius 2 is 1.95 bits per heavy atom. The summed E-state index contributed by atoms with van der Waals surface area (Å²) >= 11 is 1.63. The maximum Gasteiger partial charge on any atom is 0.321 e. The lowest BCUT2D eigenvalue weighted by Gasteiger charge is -2.00. The van der Waals surface area contributed by atoms with Crippen LogP contribution in [-0.4, -0.2) is 19.6 Å². The first-order valence-electron chi connectivity index (χ1n) is 6.17. The third-order valence-corrected chi connectivity index (χ3v) is 3.96. The number of para-hydroxylation sites is 1. The largest absolute Gasteiger partial charge is 0.456 e. The number of benzene rings is 1. The molecule has 20 heavy (non-hydrogen) atoms. The quantitative estimate of drug-likeness (QED) is 0.580. The van der Waals surface area contributed by atoms with E-state index in [9.17, 15) is 0 Å². The minimum Gasteiger partial charge on any atom is -0.456 e. The van der Waals surface area contributed by atoms with E-state index in [0.717, 1.165) is 20.9 Å². The smallest absolute Gasteiger partial charge is 0.321 e. The van der Waals surface area contributed by atoms with Crippen LogP contribution in [0.4, 0.5) is 0 Å². The van der Waals surface area contributed by atoms with Gasteiger partial charge in [0.25, 0.3) is 0 Å². The summed E-state index contributed by atoms with van der Waals surface area (Å²) in [6.07, 6.45) is 1.88. The summed E-state index contributed by atoms with van der Waals surface area (Å²) in [5, 5.41) is 9.01. The summed E-state index contributed by atoms with van der Waals surface area (Å²) in [6.45, 7) is 0.398. The molecule has 0 aliphatic carbocycles. The molecule has 5 nitrogen and oxygen atoms in total. The van der Waals surface area contributed by atoms with E-state index >= 15 is 0 Å². The van der Waals surface area contributed by atoms with Crippen molar-refractivity contribution in [1.29, 1.82) is 0 Å². The monoisotopic (exact) mass is 282 g/mol. The van der Waals surface area contributed by atoms with Crippen LogP contribution in [0.3, 0.4) is 0 Å². The van der Waals surface area contributed by atoms with Crippen molar-refractivity contribution in [3.05, 3.63) is 53.7 Å². The lowest BCUT2D eigenvalue weighted by atomic mass is 10.3. The minimum absolute atomic E-state index is 0.398. The molecule has 0 unspecified atom stereocenters. The maximum absolute atomic E-state index is 5.71. The zero-order valence-electron chi connectivity index (χ0n) is 10.4. The van der Waals surface area contributed by atoms with Crippen LogP contribution in [0.2, 0.25) is 0 Å². The molecule has 0 amide bonds. The fourth-order valence-corrected chi connectivity index (χ4v) is 2.91. The Morgan fingerprint density at radius 3 is 2.90 bits per heavy atom. The molecular formula is C14H10N4OS. The first-order valence-corrected chi connectivity index (χ1v) is 6.99. The first kappa shape index (κ1) is 11.4. The highest BCUT2D eigenvalue weighted by molar-refractivity contribution is 7.18. The number of ether oxygens (including phenoxy) is 1. The van der Waals surface area contributed by atoms with E-state index < -0.39 is 0 Å². The minimum atomic E-state index is 0.398. The molecule has 0 bridgehead atoms. The van der Waals surface area contributed by atoms with Gasteiger partial charge in [-0.05, 0) is 24.3 Å². The van der Waals surface area contributed by atoms with Crippen molar-refractivity contribution in [1.82, 2.24) is 19.6 Å². The van der Waals surface area contributed by atoms with Crippen LogP contribution in [0.15, 0.2) is 48.7 Å². The molecule has 0 radical (unpaired) electrons. The standard InChI is InChI=1S/C14H10N4OS/c1-2-6-11-10(5-1)15-13(20-11)9-19-14-17-16-12-7-3-4-8-18(12)14/h1-8H,9H2. The van der Waals surface area contributed by atoms with Crippen LogP contribution in [0, 0.1) is 0 Å². The summed E-state index contributed by atoms with van der Waals surface area (Å²) < 4.78 is 8.69. The molecule has 0 spiro atoms. The number of rotatable bonds is 3. The van der Waals surface area contributed by atoms with Crippen LogP contribution in [0.1, 0.15) is 5.01 Å². The fraction of sp³-hybridized carbons (Fsp3) is 0.0714. The van der Waals surface area contributed by atoms with Gasteiger partial charge >= 0.3 is 6.01 Å². The van der Waals surface area contributed by atoms with Crippen molar-refractivity contribution in [3.8, 4) is 6.01 Å². The molecule has 0 saturated carbocycles. The van der Waals surface area contributed by atoms with E-state index in [1.807, 2.05) is 47.0 Å². The van der Waals surface area contributed by atoms with E-state index in [1.165, 1.54) is 0 Å². The van der Waals surface area contributed by atoms with E-state index in [-0.39, 0.29) is 0 Å². The van der Waals surface area contributed by atoms with Gasteiger partial charge in [0.1, 0.15) is 11.6 Å². The second-order valence-corrected chi connectivity index (χ2v) is 5.39. The predicted molar refractivity (Wildman–Crippen MR) is 76.9 cm³/mol. The van der Waals surface area contributed by atoms with Crippen molar-refractivity contribution < 1.29 is 4.74 Å². The van der Waals surface area contributed by atoms with E-state index in [2.05, 4.69) is 21.2 Å². The van der Waals surface area contributed by atoms with E-state index in [1.54, 1.807) is 11.3 Å². The van der Waals surface area contributed by atoms with Crippen molar-refractivity contribution >= 4 is 27.2 Å². The van der Waals surface area contributed by atoms with Gasteiger partial charge in [-0.3, -0.25) is 4.40 Å². The Morgan fingerprint density at radius 1 is 1.05 bits per heavy atom. The van der Waals surface area contributed by atoms with Gasteiger partial charge in [-0.2, -0.15) is 0 Å². The second kappa shape index (κ2) is 4.57. The Bertz CT molecular complexity index is 850. The first-order chi connectivity index (χ1) is 9.90. The zero-order valence-corrected chi connectivity index (χ0v) is 11.2. The molecule has 0 aliphatic rings. The summed E-state index contributed by atoms with van der Waals surface area (Å²) in [7, 11) is 0.